The van der Waals surface area contributed by atoms with E-state index in [-0.39, 0.29) is 11.9 Å². The van der Waals surface area contributed by atoms with Crippen LogP contribution in [0.4, 0.5) is 0 Å². The van der Waals surface area contributed by atoms with Gasteiger partial charge in [-0.3, -0.25) is 4.79 Å². The van der Waals surface area contributed by atoms with Gasteiger partial charge < -0.3 is 15.4 Å². The highest BCUT2D eigenvalue weighted by molar-refractivity contribution is 5.81. The van der Waals surface area contributed by atoms with Crippen LogP contribution in [0, 0.1) is 6.92 Å². The van der Waals surface area contributed by atoms with Crippen LogP contribution in [0.3, 0.4) is 0 Å². The second-order valence-corrected chi connectivity index (χ2v) is 6.02. The highest BCUT2D eigenvalue weighted by atomic mass is 16.5. The van der Waals surface area contributed by atoms with E-state index in [2.05, 4.69) is 24.5 Å². The predicted molar refractivity (Wildman–Crippen MR) is 86.5 cm³/mol. The molecule has 0 spiro atoms. The van der Waals surface area contributed by atoms with Gasteiger partial charge in [0.1, 0.15) is 5.75 Å². The van der Waals surface area contributed by atoms with Gasteiger partial charge in [-0.1, -0.05) is 32.0 Å². The fourth-order valence-corrected chi connectivity index (χ4v) is 1.97. The molecule has 0 saturated heterocycles. The number of hydrogen-bond donors (Lipinski definition) is 2. The smallest absolute Gasteiger partial charge is 0.260 e. The van der Waals surface area contributed by atoms with Crippen LogP contribution in [0.2, 0.25) is 0 Å². The Hall–Kier alpha value is -1.55. The molecule has 4 heteroatoms. The Morgan fingerprint density at radius 2 is 1.81 bits per heavy atom. The van der Waals surface area contributed by atoms with E-state index in [0.29, 0.717) is 6.04 Å². The molecular formula is C17H28N2O2. The van der Waals surface area contributed by atoms with Crippen LogP contribution in [-0.2, 0) is 11.3 Å². The zero-order valence-electron chi connectivity index (χ0n) is 14.0. The van der Waals surface area contributed by atoms with Crippen molar-refractivity contribution in [2.75, 3.05) is 0 Å². The third-order valence-electron chi connectivity index (χ3n) is 3.09. The highest BCUT2D eigenvalue weighted by Gasteiger charge is 2.18. The Morgan fingerprint density at radius 3 is 2.38 bits per heavy atom. The SMILES string of the molecule is Cc1cccc(CNC(C)C)c1OC(C)C(=O)NC(C)C. The lowest BCUT2D eigenvalue weighted by molar-refractivity contribution is -0.127. The topological polar surface area (TPSA) is 50.4 Å². The Labute approximate surface area is 128 Å². The number of rotatable bonds is 7. The minimum absolute atomic E-state index is 0.0870. The molecule has 0 aliphatic carbocycles. The highest BCUT2D eigenvalue weighted by Crippen LogP contribution is 2.24. The van der Waals surface area contributed by atoms with E-state index in [4.69, 9.17) is 4.74 Å². The van der Waals surface area contributed by atoms with Gasteiger partial charge in [0.15, 0.2) is 6.10 Å². The van der Waals surface area contributed by atoms with Gasteiger partial charge in [-0.25, -0.2) is 0 Å². The second kappa shape index (κ2) is 8.03. The lowest BCUT2D eigenvalue weighted by Crippen LogP contribution is -2.40. The average Bonchev–Trinajstić information content (AvgIpc) is 2.38. The summed E-state index contributed by atoms with van der Waals surface area (Å²) in [6.07, 6.45) is -0.508. The average molecular weight is 292 g/mol. The fraction of sp³-hybridized carbons (Fsp3) is 0.588. The van der Waals surface area contributed by atoms with Gasteiger partial charge in [0.25, 0.3) is 5.91 Å². The fourth-order valence-electron chi connectivity index (χ4n) is 1.97. The molecule has 1 aromatic carbocycles. The van der Waals surface area contributed by atoms with Crippen LogP contribution < -0.4 is 15.4 Å². The first-order valence-corrected chi connectivity index (χ1v) is 7.60. The summed E-state index contributed by atoms with van der Waals surface area (Å²) in [7, 11) is 0. The van der Waals surface area contributed by atoms with Crippen LogP contribution in [0.15, 0.2) is 18.2 Å². The number of carbonyl (C=O) groups is 1. The van der Waals surface area contributed by atoms with Crippen LogP contribution in [-0.4, -0.2) is 24.1 Å². The van der Waals surface area contributed by atoms with E-state index in [1.807, 2.05) is 39.0 Å². The first kappa shape index (κ1) is 17.5. The summed E-state index contributed by atoms with van der Waals surface area (Å²) in [4.78, 5) is 12.0. The number of aryl methyl sites for hydroxylation is 1. The molecule has 0 aromatic heterocycles. The molecule has 0 saturated carbocycles. The molecule has 118 valence electrons. The van der Waals surface area contributed by atoms with E-state index in [1.165, 1.54) is 0 Å². The first-order chi connectivity index (χ1) is 9.81. The van der Waals surface area contributed by atoms with Gasteiger partial charge in [0.05, 0.1) is 0 Å². The van der Waals surface area contributed by atoms with Crippen molar-refractivity contribution in [3.8, 4) is 5.75 Å². The molecule has 1 aromatic rings. The maximum absolute atomic E-state index is 12.0. The molecule has 0 fully saturated rings. The normalized spacial score (nSPS) is 12.6. The van der Waals surface area contributed by atoms with Crippen molar-refractivity contribution in [1.82, 2.24) is 10.6 Å². The summed E-state index contributed by atoms with van der Waals surface area (Å²) in [5, 5.41) is 6.26. The van der Waals surface area contributed by atoms with Gasteiger partial charge in [-0.05, 0) is 33.3 Å². The third kappa shape index (κ3) is 5.76. The molecule has 0 bridgehead atoms. The number of amides is 1. The lowest BCUT2D eigenvalue weighted by atomic mass is 10.1. The van der Waals surface area contributed by atoms with Crippen LogP contribution in [0.1, 0.15) is 45.7 Å². The second-order valence-electron chi connectivity index (χ2n) is 6.02. The summed E-state index contributed by atoms with van der Waals surface area (Å²) in [6, 6.07) is 6.56. The molecule has 2 N–H and O–H groups in total. The number of carbonyl (C=O) groups excluding carboxylic acids is 1. The minimum Gasteiger partial charge on any atom is -0.480 e. The third-order valence-corrected chi connectivity index (χ3v) is 3.09. The van der Waals surface area contributed by atoms with Crippen molar-refractivity contribution in [2.45, 2.75) is 66.3 Å². The van der Waals surface area contributed by atoms with Gasteiger partial charge in [-0.15, -0.1) is 0 Å². The summed E-state index contributed by atoms with van der Waals surface area (Å²) < 4.78 is 5.92. The summed E-state index contributed by atoms with van der Waals surface area (Å²) in [6.45, 7) is 12.6. The van der Waals surface area contributed by atoms with E-state index < -0.39 is 6.10 Å². The van der Waals surface area contributed by atoms with Crippen molar-refractivity contribution in [1.29, 1.82) is 0 Å². The quantitative estimate of drug-likeness (QED) is 0.812. The number of para-hydroxylation sites is 1. The Morgan fingerprint density at radius 1 is 1.14 bits per heavy atom. The van der Waals surface area contributed by atoms with E-state index >= 15 is 0 Å². The molecule has 4 nitrogen and oxygen atoms in total. The molecule has 0 heterocycles. The molecule has 0 aliphatic rings. The van der Waals surface area contributed by atoms with Gasteiger partial charge in [0, 0.05) is 24.2 Å². The van der Waals surface area contributed by atoms with Crippen molar-refractivity contribution in [3.05, 3.63) is 29.3 Å². The van der Waals surface area contributed by atoms with Crippen molar-refractivity contribution >= 4 is 5.91 Å². The monoisotopic (exact) mass is 292 g/mol. The summed E-state index contributed by atoms with van der Waals surface area (Å²) in [5.74, 6) is 0.716. The Kier molecular flexibility index (Phi) is 6.69. The van der Waals surface area contributed by atoms with E-state index in [1.54, 1.807) is 6.92 Å². The zero-order valence-corrected chi connectivity index (χ0v) is 14.0. The van der Waals surface area contributed by atoms with E-state index in [0.717, 1.165) is 23.4 Å². The molecule has 0 radical (unpaired) electrons. The number of hydrogen-bond acceptors (Lipinski definition) is 3. The van der Waals surface area contributed by atoms with Gasteiger partial charge in [-0.2, -0.15) is 0 Å². The standard InChI is InChI=1S/C17H28N2O2/c1-11(2)18-10-15-9-7-8-13(5)16(15)21-14(6)17(20)19-12(3)4/h7-9,11-12,14,18H,10H2,1-6H3,(H,19,20). The van der Waals surface area contributed by atoms with Crippen molar-refractivity contribution in [3.63, 3.8) is 0 Å². The summed E-state index contributed by atoms with van der Waals surface area (Å²) in [5.41, 5.74) is 2.12. The molecule has 1 rings (SSSR count). The Balaban J connectivity index is 2.83. The minimum atomic E-state index is -0.508. The van der Waals surface area contributed by atoms with Crippen molar-refractivity contribution < 1.29 is 9.53 Å². The molecule has 0 aliphatic heterocycles. The maximum Gasteiger partial charge on any atom is 0.260 e. The van der Waals surface area contributed by atoms with Crippen LogP contribution in [0.5, 0.6) is 5.75 Å². The van der Waals surface area contributed by atoms with E-state index in [9.17, 15) is 4.79 Å². The molecule has 1 atom stereocenters. The number of benzene rings is 1. The first-order valence-electron chi connectivity index (χ1n) is 7.60. The number of nitrogens with one attached hydrogen (secondary N) is 2. The van der Waals surface area contributed by atoms with Crippen molar-refractivity contribution in [2.24, 2.45) is 0 Å². The summed E-state index contributed by atoms with van der Waals surface area (Å²) >= 11 is 0. The molecule has 1 amide bonds. The zero-order chi connectivity index (χ0) is 16.0. The van der Waals surface area contributed by atoms with Gasteiger partial charge in [0.2, 0.25) is 0 Å². The lowest BCUT2D eigenvalue weighted by Gasteiger charge is -2.20. The maximum atomic E-state index is 12.0. The number of ether oxygens (including phenoxy) is 1. The molecule has 21 heavy (non-hydrogen) atoms. The molecule has 1 unspecified atom stereocenters. The predicted octanol–water partition coefficient (Wildman–Crippen LogP) is 2.78. The Bertz CT molecular complexity index is 470. The van der Waals surface area contributed by atoms with Crippen LogP contribution in [0.25, 0.3) is 0 Å². The largest absolute Gasteiger partial charge is 0.480 e. The van der Waals surface area contributed by atoms with Crippen LogP contribution >= 0.6 is 0 Å². The van der Waals surface area contributed by atoms with Gasteiger partial charge >= 0.3 is 0 Å². The molecular weight excluding hydrogens is 264 g/mol.